The molecule has 2 unspecified atom stereocenters. The molecule has 2 atom stereocenters. The van der Waals surface area contributed by atoms with Crippen molar-refractivity contribution in [1.82, 2.24) is 5.32 Å². The molecule has 20 heavy (non-hydrogen) atoms. The second-order valence-corrected chi connectivity index (χ2v) is 6.31. The van der Waals surface area contributed by atoms with E-state index in [9.17, 15) is 8.78 Å². The standard InChI is InChI=1S/C17H25F2N/c1-11(2)20-10-13-6-4-5-7-14(13)15-9-8-12(3)16(18)17(15)19/h8-9,11,13-14,20H,4-7,10H2,1-3H3. The molecule has 0 bridgehead atoms. The van der Waals surface area contributed by atoms with Crippen LogP contribution in [0.5, 0.6) is 0 Å². The lowest BCUT2D eigenvalue weighted by molar-refractivity contribution is 0.282. The van der Waals surface area contributed by atoms with E-state index >= 15 is 0 Å². The Kier molecular flexibility index (Phi) is 5.14. The van der Waals surface area contributed by atoms with Crippen LogP contribution in [0.3, 0.4) is 0 Å². The Morgan fingerprint density at radius 3 is 2.55 bits per heavy atom. The lowest BCUT2D eigenvalue weighted by Gasteiger charge is -2.33. The summed E-state index contributed by atoms with van der Waals surface area (Å²) in [4.78, 5) is 0. The van der Waals surface area contributed by atoms with Crippen LogP contribution in [0.25, 0.3) is 0 Å². The number of benzene rings is 1. The summed E-state index contributed by atoms with van der Waals surface area (Å²) >= 11 is 0. The molecular weight excluding hydrogens is 256 g/mol. The normalized spacial score (nSPS) is 23.3. The van der Waals surface area contributed by atoms with Gasteiger partial charge in [0.1, 0.15) is 0 Å². The van der Waals surface area contributed by atoms with Crippen LogP contribution in [0.15, 0.2) is 12.1 Å². The van der Waals surface area contributed by atoms with Crippen LogP contribution in [0.4, 0.5) is 8.78 Å². The van der Waals surface area contributed by atoms with Crippen molar-refractivity contribution in [3.05, 3.63) is 34.9 Å². The molecule has 1 saturated carbocycles. The molecule has 112 valence electrons. The molecule has 0 saturated heterocycles. The highest BCUT2D eigenvalue weighted by molar-refractivity contribution is 5.29. The molecule has 0 aliphatic heterocycles. The van der Waals surface area contributed by atoms with Crippen LogP contribution in [0.1, 0.15) is 56.6 Å². The number of aryl methyl sites for hydroxylation is 1. The minimum atomic E-state index is -0.677. The summed E-state index contributed by atoms with van der Waals surface area (Å²) in [5, 5.41) is 3.44. The van der Waals surface area contributed by atoms with Crippen molar-refractivity contribution in [2.45, 2.75) is 58.4 Å². The van der Waals surface area contributed by atoms with Gasteiger partial charge in [0.25, 0.3) is 0 Å². The van der Waals surface area contributed by atoms with Crippen molar-refractivity contribution in [2.75, 3.05) is 6.54 Å². The molecular formula is C17H25F2N. The van der Waals surface area contributed by atoms with E-state index in [0.29, 0.717) is 23.1 Å². The third-order valence-electron chi connectivity index (χ3n) is 4.40. The summed E-state index contributed by atoms with van der Waals surface area (Å²) in [7, 11) is 0. The minimum absolute atomic E-state index is 0.144. The Morgan fingerprint density at radius 2 is 1.85 bits per heavy atom. The van der Waals surface area contributed by atoms with Crippen molar-refractivity contribution in [2.24, 2.45) is 5.92 Å². The zero-order valence-electron chi connectivity index (χ0n) is 12.7. The fourth-order valence-corrected chi connectivity index (χ4v) is 3.20. The summed E-state index contributed by atoms with van der Waals surface area (Å²) < 4.78 is 28.0. The van der Waals surface area contributed by atoms with Crippen LogP contribution in [0.2, 0.25) is 0 Å². The summed E-state index contributed by atoms with van der Waals surface area (Å²) in [6.07, 6.45) is 4.36. The number of hydrogen-bond donors (Lipinski definition) is 1. The molecule has 1 aromatic rings. The first-order valence-electron chi connectivity index (χ1n) is 7.68. The van der Waals surface area contributed by atoms with Gasteiger partial charge in [0, 0.05) is 6.04 Å². The lowest BCUT2D eigenvalue weighted by atomic mass is 9.75. The van der Waals surface area contributed by atoms with Gasteiger partial charge in [-0.25, -0.2) is 8.78 Å². The maximum absolute atomic E-state index is 14.2. The molecule has 0 spiro atoms. The Bertz CT molecular complexity index is 457. The number of rotatable bonds is 4. The fraction of sp³-hybridized carbons (Fsp3) is 0.647. The largest absolute Gasteiger partial charge is 0.314 e. The summed E-state index contributed by atoms with van der Waals surface area (Å²) in [6.45, 7) is 6.73. The second kappa shape index (κ2) is 6.66. The van der Waals surface area contributed by atoms with E-state index in [0.717, 1.165) is 25.8 Å². The smallest absolute Gasteiger partial charge is 0.162 e. The van der Waals surface area contributed by atoms with E-state index in [1.165, 1.54) is 6.42 Å². The molecule has 1 aromatic carbocycles. The van der Waals surface area contributed by atoms with Crippen molar-refractivity contribution >= 4 is 0 Å². The quantitative estimate of drug-likeness (QED) is 0.854. The Labute approximate surface area is 120 Å². The molecule has 1 nitrogen and oxygen atoms in total. The van der Waals surface area contributed by atoms with Gasteiger partial charge >= 0.3 is 0 Å². The second-order valence-electron chi connectivity index (χ2n) is 6.31. The summed E-state index contributed by atoms with van der Waals surface area (Å²) in [5.41, 5.74) is 0.960. The van der Waals surface area contributed by atoms with Crippen LogP contribution in [-0.4, -0.2) is 12.6 Å². The molecule has 1 aliphatic carbocycles. The Hall–Kier alpha value is -0.960. The molecule has 0 amide bonds. The van der Waals surface area contributed by atoms with E-state index in [4.69, 9.17) is 0 Å². The SMILES string of the molecule is Cc1ccc(C2CCCCC2CNC(C)C)c(F)c1F. The summed E-state index contributed by atoms with van der Waals surface area (Å²) in [5.74, 6) is -0.761. The number of hydrogen-bond acceptors (Lipinski definition) is 1. The zero-order chi connectivity index (χ0) is 14.7. The average Bonchev–Trinajstić information content (AvgIpc) is 2.43. The maximum Gasteiger partial charge on any atom is 0.162 e. The van der Waals surface area contributed by atoms with Gasteiger partial charge in [0.2, 0.25) is 0 Å². The van der Waals surface area contributed by atoms with Gasteiger partial charge in [-0.15, -0.1) is 0 Å². The maximum atomic E-state index is 14.2. The van der Waals surface area contributed by atoms with Gasteiger partial charge < -0.3 is 5.32 Å². The van der Waals surface area contributed by atoms with Gasteiger partial charge in [-0.2, -0.15) is 0 Å². The highest BCUT2D eigenvalue weighted by atomic mass is 19.2. The van der Waals surface area contributed by atoms with Gasteiger partial charge in [-0.3, -0.25) is 0 Å². The third kappa shape index (κ3) is 3.38. The third-order valence-corrected chi connectivity index (χ3v) is 4.40. The number of nitrogens with one attached hydrogen (secondary N) is 1. The predicted molar refractivity (Wildman–Crippen MR) is 78.9 cm³/mol. The van der Waals surface area contributed by atoms with Gasteiger partial charge in [-0.05, 0) is 49.3 Å². The Morgan fingerprint density at radius 1 is 1.15 bits per heavy atom. The lowest BCUT2D eigenvalue weighted by Crippen LogP contribution is -2.33. The van der Waals surface area contributed by atoms with Gasteiger partial charge in [0.15, 0.2) is 11.6 Å². The molecule has 2 rings (SSSR count). The Balaban J connectivity index is 2.21. The first-order valence-corrected chi connectivity index (χ1v) is 7.68. The minimum Gasteiger partial charge on any atom is -0.314 e. The van der Waals surface area contributed by atoms with E-state index in [1.54, 1.807) is 19.1 Å². The van der Waals surface area contributed by atoms with Crippen molar-refractivity contribution in [3.8, 4) is 0 Å². The topological polar surface area (TPSA) is 12.0 Å². The van der Waals surface area contributed by atoms with Crippen molar-refractivity contribution in [3.63, 3.8) is 0 Å². The molecule has 3 heteroatoms. The predicted octanol–water partition coefficient (Wildman–Crippen LogP) is 4.55. The molecule has 1 aliphatic rings. The highest BCUT2D eigenvalue weighted by Gasteiger charge is 2.29. The molecule has 1 fully saturated rings. The summed E-state index contributed by atoms with van der Waals surface area (Å²) in [6, 6.07) is 3.92. The molecule has 0 heterocycles. The number of halogens is 2. The van der Waals surface area contributed by atoms with Crippen LogP contribution < -0.4 is 5.32 Å². The van der Waals surface area contributed by atoms with E-state index < -0.39 is 11.6 Å². The van der Waals surface area contributed by atoms with E-state index in [2.05, 4.69) is 19.2 Å². The fourth-order valence-electron chi connectivity index (χ4n) is 3.20. The van der Waals surface area contributed by atoms with E-state index in [-0.39, 0.29) is 5.92 Å². The first-order chi connectivity index (χ1) is 9.50. The zero-order valence-corrected chi connectivity index (χ0v) is 12.7. The van der Waals surface area contributed by atoms with Crippen LogP contribution in [0, 0.1) is 24.5 Å². The monoisotopic (exact) mass is 281 g/mol. The average molecular weight is 281 g/mol. The van der Waals surface area contributed by atoms with Crippen LogP contribution in [-0.2, 0) is 0 Å². The van der Waals surface area contributed by atoms with Gasteiger partial charge in [0.05, 0.1) is 0 Å². The molecule has 1 N–H and O–H groups in total. The van der Waals surface area contributed by atoms with Crippen molar-refractivity contribution < 1.29 is 8.78 Å². The highest BCUT2D eigenvalue weighted by Crippen LogP contribution is 2.39. The van der Waals surface area contributed by atoms with Crippen LogP contribution >= 0.6 is 0 Å². The molecule has 0 radical (unpaired) electrons. The first kappa shape index (κ1) is 15.4. The van der Waals surface area contributed by atoms with E-state index in [1.807, 2.05) is 0 Å². The van der Waals surface area contributed by atoms with Gasteiger partial charge in [-0.1, -0.05) is 38.8 Å². The molecule has 0 aromatic heterocycles. The van der Waals surface area contributed by atoms with Crippen molar-refractivity contribution in [1.29, 1.82) is 0 Å².